The standard InChI is InChI=1S/C5H5.H2N.Ru/c1-2-4-5-3-1;;/h1-5H;1H2;/q2*-1;+2. The Bertz CT molecular complexity index is 64.6. The van der Waals surface area contributed by atoms with Gasteiger partial charge in [0.15, 0.2) is 0 Å². The molecule has 0 spiro atoms. The molecular formula is C5H7NRu. The van der Waals surface area contributed by atoms with Crippen LogP contribution in [0, 0.1) is 0 Å². The summed E-state index contributed by atoms with van der Waals surface area (Å²) in [5.41, 5.74) is 0. The van der Waals surface area contributed by atoms with Crippen molar-refractivity contribution in [3.05, 3.63) is 36.5 Å². The van der Waals surface area contributed by atoms with Crippen molar-refractivity contribution in [2.45, 2.75) is 0 Å². The maximum atomic E-state index is 2.00. The molecule has 1 aromatic carbocycles. The van der Waals surface area contributed by atoms with Gasteiger partial charge in [0.2, 0.25) is 0 Å². The Balaban J connectivity index is 0. The van der Waals surface area contributed by atoms with Crippen LogP contribution in [0.25, 0.3) is 6.15 Å². The fourth-order valence-corrected chi connectivity index (χ4v) is 0.321. The van der Waals surface area contributed by atoms with Crippen molar-refractivity contribution in [2.75, 3.05) is 0 Å². The molecule has 7 heavy (non-hydrogen) atoms. The number of rotatable bonds is 0. The molecule has 0 heterocycles. The maximum absolute atomic E-state index is 2.00. The summed E-state index contributed by atoms with van der Waals surface area (Å²) in [6.45, 7) is 0. The molecule has 0 fully saturated rings. The Hall–Kier alpha value is -0.0666. The monoisotopic (exact) mass is 183 g/mol. The second-order valence-corrected chi connectivity index (χ2v) is 0.962. The van der Waals surface area contributed by atoms with Crippen LogP contribution in [0.5, 0.6) is 0 Å². The van der Waals surface area contributed by atoms with Crippen LogP contribution in [0.3, 0.4) is 0 Å². The molecule has 1 rings (SSSR count). The van der Waals surface area contributed by atoms with Gasteiger partial charge in [-0.2, -0.15) is 18.2 Å². The number of nitrogens with two attached hydrogens (primary N) is 1. The van der Waals surface area contributed by atoms with E-state index in [0.29, 0.717) is 0 Å². The van der Waals surface area contributed by atoms with Gasteiger partial charge >= 0.3 is 19.5 Å². The first-order valence-electron chi connectivity index (χ1n) is 1.67. The van der Waals surface area contributed by atoms with E-state index in [9.17, 15) is 0 Å². The fourth-order valence-electron chi connectivity index (χ4n) is 0.321. The topological polar surface area (TPSA) is 33.5 Å². The van der Waals surface area contributed by atoms with Crippen molar-refractivity contribution in [3.63, 3.8) is 0 Å². The summed E-state index contributed by atoms with van der Waals surface area (Å²) in [7, 11) is 0. The first-order chi connectivity index (χ1) is 2.50. The fraction of sp³-hybridized carbons (Fsp3) is 0. The minimum absolute atomic E-state index is 0. The molecule has 0 unspecified atom stereocenters. The van der Waals surface area contributed by atoms with Crippen LogP contribution in [0.2, 0.25) is 0 Å². The Morgan fingerprint density at radius 2 is 1.43 bits per heavy atom. The molecule has 2 heteroatoms. The number of hydrogen-bond donors (Lipinski definition) is 0. The Kier molecular flexibility index (Phi) is 8.50. The normalized spacial score (nSPS) is 5.71. The summed E-state index contributed by atoms with van der Waals surface area (Å²) in [5.74, 6) is 0. The minimum Gasteiger partial charge on any atom is -0.693 e. The minimum atomic E-state index is 0. The Morgan fingerprint density at radius 1 is 1.00 bits per heavy atom. The predicted molar refractivity (Wildman–Crippen MR) is 27.3 cm³/mol. The molecule has 0 aliphatic rings. The summed E-state index contributed by atoms with van der Waals surface area (Å²) in [6, 6.07) is 10.0. The van der Waals surface area contributed by atoms with Gasteiger partial charge in [-0.3, -0.25) is 0 Å². The van der Waals surface area contributed by atoms with Crippen molar-refractivity contribution < 1.29 is 19.5 Å². The molecule has 0 bridgehead atoms. The van der Waals surface area contributed by atoms with E-state index in [1.54, 1.807) is 0 Å². The van der Waals surface area contributed by atoms with Gasteiger partial charge in [-0.25, -0.2) is 12.1 Å². The van der Waals surface area contributed by atoms with Gasteiger partial charge in [0, 0.05) is 0 Å². The third-order valence-electron chi connectivity index (χ3n) is 0.556. The van der Waals surface area contributed by atoms with Crippen LogP contribution in [-0.4, -0.2) is 0 Å². The molecule has 1 aromatic rings. The molecule has 0 amide bonds. The summed E-state index contributed by atoms with van der Waals surface area (Å²) in [4.78, 5) is 0. The van der Waals surface area contributed by atoms with Crippen LogP contribution < -0.4 is 0 Å². The van der Waals surface area contributed by atoms with Crippen LogP contribution in [0.4, 0.5) is 0 Å². The molecule has 0 atom stereocenters. The smallest absolute Gasteiger partial charge is 0.693 e. The van der Waals surface area contributed by atoms with Crippen molar-refractivity contribution in [2.24, 2.45) is 0 Å². The largest absolute Gasteiger partial charge is 2.00 e. The molecule has 0 radical (unpaired) electrons. The zero-order chi connectivity index (χ0) is 3.54. The van der Waals surface area contributed by atoms with Gasteiger partial charge in [0.25, 0.3) is 0 Å². The van der Waals surface area contributed by atoms with Crippen molar-refractivity contribution in [1.29, 1.82) is 0 Å². The van der Waals surface area contributed by atoms with Gasteiger partial charge in [-0.1, -0.05) is 0 Å². The van der Waals surface area contributed by atoms with Gasteiger partial charge in [0.05, 0.1) is 0 Å². The molecule has 0 saturated carbocycles. The van der Waals surface area contributed by atoms with Gasteiger partial charge in [0.1, 0.15) is 0 Å². The van der Waals surface area contributed by atoms with Crippen LogP contribution in [-0.2, 0) is 19.5 Å². The molecule has 2 N–H and O–H groups in total. The van der Waals surface area contributed by atoms with Crippen molar-refractivity contribution in [1.82, 2.24) is 0 Å². The second kappa shape index (κ2) is 5.93. The average Bonchev–Trinajstić information content (AvgIpc) is 1.76. The summed E-state index contributed by atoms with van der Waals surface area (Å²) >= 11 is 0. The summed E-state index contributed by atoms with van der Waals surface area (Å²) < 4.78 is 0. The quantitative estimate of drug-likeness (QED) is 0.435. The van der Waals surface area contributed by atoms with Crippen molar-refractivity contribution in [3.8, 4) is 0 Å². The molecular weight excluding hydrogens is 175 g/mol. The first-order valence-corrected chi connectivity index (χ1v) is 1.67. The molecule has 0 aliphatic heterocycles. The van der Waals surface area contributed by atoms with Gasteiger partial charge < -0.3 is 6.15 Å². The third-order valence-corrected chi connectivity index (χ3v) is 0.556. The van der Waals surface area contributed by atoms with Crippen LogP contribution in [0.15, 0.2) is 30.3 Å². The maximum Gasteiger partial charge on any atom is 2.00 e. The van der Waals surface area contributed by atoms with Crippen LogP contribution in [0.1, 0.15) is 0 Å². The zero-order valence-corrected chi connectivity index (χ0v) is 5.56. The first kappa shape index (κ1) is 10.0. The average molecular weight is 182 g/mol. The van der Waals surface area contributed by atoms with E-state index in [2.05, 4.69) is 0 Å². The van der Waals surface area contributed by atoms with Crippen LogP contribution >= 0.6 is 0 Å². The molecule has 1 nitrogen and oxygen atoms in total. The van der Waals surface area contributed by atoms with Crippen molar-refractivity contribution >= 4 is 0 Å². The van der Waals surface area contributed by atoms with E-state index in [4.69, 9.17) is 0 Å². The SMILES string of the molecule is [NH2-].[Ru+2].c1cc[cH-]c1. The van der Waals surface area contributed by atoms with E-state index in [1.807, 2.05) is 30.3 Å². The van der Waals surface area contributed by atoms with E-state index in [0.717, 1.165) is 0 Å². The molecule has 0 aliphatic carbocycles. The Morgan fingerprint density at radius 3 is 1.57 bits per heavy atom. The zero-order valence-electron chi connectivity index (χ0n) is 3.82. The van der Waals surface area contributed by atoms with E-state index < -0.39 is 0 Å². The predicted octanol–water partition coefficient (Wildman–Crippen LogP) is 2.12. The summed E-state index contributed by atoms with van der Waals surface area (Å²) in [6.07, 6.45) is 0. The summed E-state index contributed by atoms with van der Waals surface area (Å²) in [5, 5.41) is 0. The van der Waals surface area contributed by atoms with E-state index in [1.165, 1.54) is 0 Å². The number of hydrogen-bond acceptors (Lipinski definition) is 0. The van der Waals surface area contributed by atoms with Gasteiger partial charge in [-0.15, -0.1) is 0 Å². The molecule has 0 aromatic heterocycles. The third kappa shape index (κ3) is 3.77. The van der Waals surface area contributed by atoms with E-state index >= 15 is 0 Å². The molecule has 40 valence electrons. The molecule has 0 saturated heterocycles. The van der Waals surface area contributed by atoms with E-state index in [-0.39, 0.29) is 25.6 Å². The van der Waals surface area contributed by atoms with Gasteiger partial charge in [-0.05, 0) is 0 Å². The Labute approximate surface area is 56.4 Å². The second-order valence-electron chi connectivity index (χ2n) is 0.962.